The van der Waals surface area contributed by atoms with Crippen molar-refractivity contribution in [2.24, 2.45) is 0 Å². The number of hydrogen-bond acceptors (Lipinski definition) is 1. The molecule has 0 saturated carbocycles. The second-order valence-corrected chi connectivity index (χ2v) is 6.05. The zero-order valence-electron chi connectivity index (χ0n) is 11.6. The monoisotopic (exact) mass is 231 g/mol. The van der Waals surface area contributed by atoms with E-state index in [4.69, 9.17) is 0 Å². The van der Waals surface area contributed by atoms with E-state index in [1.165, 1.54) is 24.8 Å². The Balaban J connectivity index is 2.38. The fourth-order valence-corrected chi connectivity index (χ4v) is 3.39. The molecule has 0 spiro atoms. The first kappa shape index (κ1) is 12.6. The van der Waals surface area contributed by atoms with Crippen LogP contribution in [0.5, 0.6) is 0 Å². The van der Waals surface area contributed by atoms with E-state index in [0.29, 0.717) is 5.41 Å². The number of benzene rings is 1. The Morgan fingerprint density at radius 3 is 2.82 bits per heavy atom. The molecule has 1 aromatic carbocycles. The van der Waals surface area contributed by atoms with E-state index in [0.717, 1.165) is 12.5 Å². The van der Waals surface area contributed by atoms with Gasteiger partial charge < -0.3 is 5.32 Å². The van der Waals surface area contributed by atoms with Crippen LogP contribution in [0.3, 0.4) is 0 Å². The van der Waals surface area contributed by atoms with Gasteiger partial charge in [0.05, 0.1) is 0 Å². The predicted octanol–water partition coefficient (Wildman–Crippen LogP) is 3.76. The summed E-state index contributed by atoms with van der Waals surface area (Å²) >= 11 is 0. The van der Waals surface area contributed by atoms with Crippen molar-refractivity contribution in [3.63, 3.8) is 0 Å². The van der Waals surface area contributed by atoms with Gasteiger partial charge in [0.2, 0.25) is 0 Å². The van der Waals surface area contributed by atoms with Crippen molar-refractivity contribution in [1.82, 2.24) is 5.32 Å². The number of nitrogens with one attached hydrogen (secondary N) is 1. The number of rotatable bonds is 3. The molecule has 2 rings (SSSR count). The third-order valence-corrected chi connectivity index (χ3v) is 4.28. The third-order valence-electron chi connectivity index (χ3n) is 4.28. The average molecular weight is 231 g/mol. The molecule has 1 aliphatic carbocycles. The van der Waals surface area contributed by atoms with E-state index in [-0.39, 0.29) is 0 Å². The number of aryl methyl sites for hydroxylation is 1. The highest BCUT2D eigenvalue weighted by Crippen LogP contribution is 2.44. The van der Waals surface area contributed by atoms with Crippen LogP contribution in [-0.2, 0) is 5.41 Å². The quantitative estimate of drug-likeness (QED) is 0.835. The van der Waals surface area contributed by atoms with Crippen molar-refractivity contribution >= 4 is 0 Å². The van der Waals surface area contributed by atoms with Crippen LogP contribution in [0.15, 0.2) is 18.2 Å². The summed E-state index contributed by atoms with van der Waals surface area (Å²) in [6, 6.07) is 6.84. The molecule has 0 amide bonds. The summed E-state index contributed by atoms with van der Waals surface area (Å²) in [5.41, 5.74) is 5.06. The van der Waals surface area contributed by atoms with Gasteiger partial charge in [0.1, 0.15) is 0 Å². The molecule has 1 aliphatic rings. The molecule has 0 saturated heterocycles. The third kappa shape index (κ3) is 2.40. The lowest BCUT2D eigenvalue weighted by molar-refractivity contribution is 0.378. The van der Waals surface area contributed by atoms with E-state index in [2.05, 4.69) is 44.3 Å². The van der Waals surface area contributed by atoms with E-state index in [1.807, 2.05) is 7.05 Å². The molecule has 0 aromatic heterocycles. The maximum Gasteiger partial charge on any atom is -0.00461 e. The fraction of sp³-hybridized carbons (Fsp3) is 0.625. The molecular formula is C16H25N. The Morgan fingerprint density at radius 1 is 1.35 bits per heavy atom. The minimum Gasteiger partial charge on any atom is -0.320 e. The lowest BCUT2D eigenvalue weighted by Gasteiger charge is -2.38. The highest BCUT2D eigenvalue weighted by molar-refractivity contribution is 5.43. The molecule has 1 heteroatoms. The van der Waals surface area contributed by atoms with Gasteiger partial charge in [-0.05, 0) is 67.8 Å². The van der Waals surface area contributed by atoms with Crippen LogP contribution in [0.2, 0.25) is 0 Å². The SMILES string of the molecule is CNCCC1CCC(C)(C)c2c(C)cccc21. The second kappa shape index (κ2) is 4.81. The van der Waals surface area contributed by atoms with Crippen LogP contribution in [0.4, 0.5) is 0 Å². The Hall–Kier alpha value is -0.820. The first-order chi connectivity index (χ1) is 8.06. The van der Waals surface area contributed by atoms with Gasteiger partial charge in [-0.15, -0.1) is 0 Å². The topological polar surface area (TPSA) is 12.0 Å². The summed E-state index contributed by atoms with van der Waals surface area (Å²) in [5.74, 6) is 0.755. The van der Waals surface area contributed by atoms with Crippen molar-refractivity contribution < 1.29 is 0 Å². The molecule has 0 heterocycles. The van der Waals surface area contributed by atoms with Gasteiger partial charge >= 0.3 is 0 Å². The Kier molecular flexibility index (Phi) is 3.58. The van der Waals surface area contributed by atoms with Crippen molar-refractivity contribution in [2.75, 3.05) is 13.6 Å². The van der Waals surface area contributed by atoms with Crippen LogP contribution >= 0.6 is 0 Å². The van der Waals surface area contributed by atoms with Gasteiger partial charge in [0.25, 0.3) is 0 Å². The van der Waals surface area contributed by atoms with Crippen molar-refractivity contribution in [2.45, 2.75) is 51.4 Å². The normalized spacial score (nSPS) is 22.2. The Morgan fingerprint density at radius 2 is 2.12 bits per heavy atom. The average Bonchev–Trinajstić information content (AvgIpc) is 2.28. The minimum absolute atomic E-state index is 0.358. The summed E-state index contributed by atoms with van der Waals surface area (Å²) < 4.78 is 0. The summed E-state index contributed by atoms with van der Waals surface area (Å²) in [5, 5.41) is 3.28. The molecule has 0 aliphatic heterocycles. The largest absolute Gasteiger partial charge is 0.320 e. The molecule has 0 radical (unpaired) electrons. The molecule has 1 aromatic rings. The Labute approximate surface area is 106 Å². The molecule has 1 unspecified atom stereocenters. The van der Waals surface area contributed by atoms with Crippen LogP contribution < -0.4 is 5.32 Å². The molecule has 1 N–H and O–H groups in total. The van der Waals surface area contributed by atoms with E-state index >= 15 is 0 Å². The predicted molar refractivity (Wildman–Crippen MR) is 74.7 cm³/mol. The second-order valence-electron chi connectivity index (χ2n) is 6.05. The smallest absolute Gasteiger partial charge is 0.00461 e. The first-order valence-corrected chi connectivity index (χ1v) is 6.81. The minimum atomic E-state index is 0.358. The summed E-state index contributed by atoms with van der Waals surface area (Å²) in [6.45, 7) is 8.18. The van der Waals surface area contributed by atoms with Crippen molar-refractivity contribution in [3.8, 4) is 0 Å². The standard InChI is InChI=1S/C16H25N/c1-12-6-5-7-14-13(9-11-17-4)8-10-16(2,3)15(12)14/h5-7,13,17H,8-11H2,1-4H3. The van der Waals surface area contributed by atoms with Gasteiger partial charge in [0.15, 0.2) is 0 Å². The van der Waals surface area contributed by atoms with Crippen molar-refractivity contribution in [1.29, 1.82) is 0 Å². The van der Waals surface area contributed by atoms with Gasteiger partial charge in [-0.2, -0.15) is 0 Å². The molecule has 94 valence electrons. The maximum absolute atomic E-state index is 3.28. The van der Waals surface area contributed by atoms with Gasteiger partial charge in [-0.25, -0.2) is 0 Å². The van der Waals surface area contributed by atoms with Crippen LogP contribution in [0.25, 0.3) is 0 Å². The van der Waals surface area contributed by atoms with Crippen LogP contribution in [0, 0.1) is 6.92 Å². The highest BCUT2D eigenvalue weighted by Gasteiger charge is 2.33. The van der Waals surface area contributed by atoms with Gasteiger partial charge in [-0.1, -0.05) is 32.0 Å². The van der Waals surface area contributed by atoms with Gasteiger partial charge in [-0.3, -0.25) is 0 Å². The van der Waals surface area contributed by atoms with E-state index < -0.39 is 0 Å². The van der Waals surface area contributed by atoms with E-state index in [9.17, 15) is 0 Å². The van der Waals surface area contributed by atoms with Gasteiger partial charge in [0, 0.05) is 0 Å². The zero-order chi connectivity index (χ0) is 12.5. The molecule has 17 heavy (non-hydrogen) atoms. The lowest BCUT2D eigenvalue weighted by atomic mass is 9.66. The first-order valence-electron chi connectivity index (χ1n) is 6.81. The summed E-state index contributed by atoms with van der Waals surface area (Å²) in [6.07, 6.45) is 3.92. The van der Waals surface area contributed by atoms with Crippen LogP contribution in [0.1, 0.15) is 55.7 Å². The van der Waals surface area contributed by atoms with E-state index in [1.54, 1.807) is 11.1 Å². The lowest BCUT2D eigenvalue weighted by Crippen LogP contribution is -2.28. The fourth-order valence-electron chi connectivity index (χ4n) is 3.39. The molecule has 1 atom stereocenters. The van der Waals surface area contributed by atoms with Crippen LogP contribution in [-0.4, -0.2) is 13.6 Å². The Bertz CT molecular complexity index is 393. The molecule has 0 fully saturated rings. The number of fused-ring (bicyclic) bond motifs is 1. The summed E-state index contributed by atoms with van der Waals surface area (Å²) in [4.78, 5) is 0. The van der Waals surface area contributed by atoms with Crippen molar-refractivity contribution in [3.05, 3.63) is 34.9 Å². The maximum atomic E-state index is 3.28. The molecular weight excluding hydrogens is 206 g/mol. The zero-order valence-corrected chi connectivity index (χ0v) is 11.6. The number of hydrogen-bond donors (Lipinski definition) is 1. The molecule has 0 bridgehead atoms. The molecule has 1 nitrogen and oxygen atoms in total. The summed E-state index contributed by atoms with van der Waals surface area (Å²) in [7, 11) is 2.05. The highest BCUT2D eigenvalue weighted by atomic mass is 14.8.